The number of hydrogen-bond donors (Lipinski definition) is 0. The van der Waals surface area contributed by atoms with Gasteiger partial charge in [0.1, 0.15) is 5.44 Å². The van der Waals surface area contributed by atoms with Crippen molar-refractivity contribution in [3.8, 4) is 0 Å². The van der Waals surface area contributed by atoms with E-state index in [0.717, 1.165) is 0 Å². The van der Waals surface area contributed by atoms with E-state index < -0.39 is 0 Å². The maximum atomic E-state index is 5.73. The smallest absolute Gasteiger partial charge is 0.110 e. The zero-order chi connectivity index (χ0) is 9.56. The van der Waals surface area contributed by atoms with Gasteiger partial charge in [-0.1, -0.05) is 35.4 Å². The first-order chi connectivity index (χ1) is 5.56. The second-order valence-electron chi connectivity index (χ2n) is 3.26. The van der Waals surface area contributed by atoms with Crippen molar-refractivity contribution in [3.63, 3.8) is 0 Å². The maximum absolute atomic E-state index is 5.73. The molecule has 1 unspecified atom stereocenters. The first-order valence-electron chi connectivity index (χ1n) is 4.53. The SMILES string of the molecule is CC(C)OC(C[SiH3])SSC(C)C. The van der Waals surface area contributed by atoms with Gasteiger partial charge < -0.3 is 4.74 Å². The molecule has 0 aliphatic heterocycles. The van der Waals surface area contributed by atoms with Gasteiger partial charge >= 0.3 is 0 Å². The van der Waals surface area contributed by atoms with Crippen LogP contribution < -0.4 is 0 Å². The normalized spacial score (nSPS) is 14.5. The number of ether oxygens (including phenoxy) is 1. The van der Waals surface area contributed by atoms with E-state index in [2.05, 4.69) is 27.7 Å². The van der Waals surface area contributed by atoms with E-state index in [9.17, 15) is 0 Å². The van der Waals surface area contributed by atoms with Crippen LogP contribution >= 0.6 is 21.6 Å². The van der Waals surface area contributed by atoms with Gasteiger partial charge in [-0.05, 0) is 19.9 Å². The minimum Gasteiger partial charge on any atom is -0.364 e. The summed E-state index contributed by atoms with van der Waals surface area (Å²) >= 11 is 0. The van der Waals surface area contributed by atoms with Gasteiger partial charge in [-0.3, -0.25) is 0 Å². The Morgan fingerprint density at radius 1 is 1.17 bits per heavy atom. The first kappa shape index (κ1) is 12.9. The first-order valence-corrected chi connectivity index (χ1v) is 8.22. The predicted octanol–water partition coefficient (Wildman–Crippen LogP) is 2.31. The van der Waals surface area contributed by atoms with E-state index in [1.54, 1.807) is 0 Å². The van der Waals surface area contributed by atoms with Crippen molar-refractivity contribution >= 4 is 31.8 Å². The minimum atomic E-state index is 0.365. The van der Waals surface area contributed by atoms with Crippen LogP contribution in [-0.2, 0) is 4.74 Å². The molecule has 0 aliphatic carbocycles. The molecule has 0 bridgehead atoms. The molecule has 4 heteroatoms. The largest absolute Gasteiger partial charge is 0.364 e. The second-order valence-corrected chi connectivity index (χ2v) is 7.09. The van der Waals surface area contributed by atoms with Crippen molar-refractivity contribution in [1.29, 1.82) is 0 Å². The molecule has 0 amide bonds. The van der Waals surface area contributed by atoms with Crippen LogP contribution in [0.2, 0.25) is 6.04 Å². The topological polar surface area (TPSA) is 9.23 Å². The molecule has 0 aromatic rings. The third-order valence-electron chi connectivity index (χ3n) is 1.11. The predicted molar refractivity (Wildman–Crippen MR) is 65.1 cm³/mol. The molecule has 0 radical (unpaired) electrons. The molecule has 0 aliphatic rings. The van der Waals surface area contributed by atoms with Gasteiger partial charge in [0.2, 0.25) is 0 Å². The summed E-state index contributed by atoms with van der Waals surface area (Å²) in [4.78, 5) is 0. The summed E-state index contributed by atoms with van der Waals surface area (Å²) in [6.45, 7) is 8.64. The fourth-order valence-electron chi connectivity index (χ4n) is 0.664. The van der Waals surface area contributed by atoms with Crippen LogP contribution in [0.25, 0.3) is 0 Å². The van der Waals surface area contributed by atoms with Crippen LogP contribution in [0.3, 0.4) is 0 Å². The average Bonchev–Trinajstić information content (AvgIpc) is 1.97. The van der Waals surface area contributed by atoms with Crippen LogP contribution in [-0.4, -0.2) is 27.0 Å². The molecule has 0 aromatic carbocycles. The molecule has 0 saturated carbocycles. The van der Waals surface area contributed by atoms with E-state index in [1.807, 2.05) is 21.6 Å². The molecule has 0 saturated heterocycles. The molecular formula is C8H20OS2Si. The van der Waals surface area contributed by atoms with Gasteiger partial charge in [-0.2, -0.15) is 0 Å². The molecule has 0 aromatic heterocycles. The summed E-state index contributed by atoms with van der Waals surface area (Å²) in [5.41, 5.74) is 0.420. The summed E-state index contributed by atoms with van der Waals surface area (Å²) in [5, 5.41) is 0.696. The fraction of sp³-hybridized carbons (Fsp3) is 1.00. The second kappa shape index (κ2) is 7.30. The Labute approximate surface area is 87.2 Å². The molecule has 1 atom stereocenters. The molecule has 0 fully saturated rings. The van der Waals surface area contributed by atoms with Crippen molar-refractivity contribution in [3.05, 3.63) is 0 Å². The van der Waals surface area contributed by atoms with Crippen molar-refractivity contribution < 1.29 is 4.74 Å². The highest BCUT2D eigenvalue weighted by molar-refractivity contribution is 8.77. The summed E-state index contributed by atoms with van der Waals surface area (Å²) in [6, 6.07) is 1.22. The molecule has 0 rings (SSSR count). The molecule has 0 spiro atoms. The van der Waals surface area contributed by atoms with E-state index in [0.29, 0.717) is 16.8 Å². The Balaban J connectivity index is 3.53. The number of hydrogen-bond acceptors (Lipinski definition) is 3. The highest BCUT2D eigenvalue weighted by Crippen LogP contribution is 2.33. The molecule has 0 heterocycles. The Morgan fingerprint density at radius 3 is 2.08 bits per heavy atom. The quantitative estimate of drug-likeness (QED) is 0.389. The summed E-state index contributed by atoms with van der Waals surface area (Å²) in [6.07, 6.45) is 0.365. The Hall–Kier alpha value is 0.877. The third kappa shape index (κ3) is 7.52. The van der Waals surface area contributed by atoms with E-state index in [-0.39, 0.29) is 0 Å². The van der Waals surface area contributed by atoms with Gasteiger partial charge in [-0.25, -0.2) is 0 Å². The zero-order valence-electron chi connectivity index (χ0n) is 8.66. The van der Waals surface area contributed by atoms with Gasteiger partial charge in [0.05, 0.1) is 6.10 Å². The standard InChI is InChI=1S/C8H20OS2Si/c1-6(2)9-8(5-12)11-10-7(3)4/h6-8H,5H2,1-4,12H3. The Bertz CT molecular complexity index is 109. The lowest BCUT2D eigenvalue weighted by Gasteiger charge is -2.18. The lowest BCUT2D eigenvalue weighted by atomic mass is 10.5. The monoisotopic (exact) mass is 224 g/mol. The zero-order valence-corrected chi connectivity index (χ0v) is 12.3. The number of rotatable bonds is 6. The minimum absolute atomic E-state index is 0.365. The average molecular weight is 224 g/mol. The Kier molecular flexibility index (Phi) is 7.83. The van der Waals surface area contributed by atoms with Crippen molar-refractivity contribution in [2.75, 3.05) is 0 Å². The van der Waals surface area contributed by atoms with Crippen molar-refractivity contribution in [2.24, 2.45) is 0 Å². The van der Waals surface area contributed by atoms with Gasteiger partial charge in [0.25, 0.3) is 0 Å². The third-order valence-corrected chi connectivity index (χ3v) is 5.73. The fourth-order valence-corrected chi connectivity index (χ4v) is 4.41. The van der Waals surface area contributed by atoms with Gasteiger partial charge in [0.15, 0.2) is 0 Å². The molecule has 74 valence electrons. The summed E-state index contributed by atoms with van der Waals surface area (Å²) in [5.74, 6) is 0. The molecular weight excluding hydrogens is 204 g/mol. The van der Waals surface area contributed by atoms with Crippen LogP contribution in [0.5, 0.6) is 0 Å². The molecule has 1 nitrogen and oxygen atoms in total. The lowest BCUT2D eigenvalue weighted by molar-refractivity contribution is 0.0702. The van der Waals surface area contributed by atoms with Crippen molar-refractivity contribution in [1.82, 2.24) is 0 Å². The highest BCUT2D eigenvalue weighted by Gasteiger charge is 2.10. The lowest BCUT2D eigenvalue weighted by Crippen LogP contribution is -2.13. The van der Waals surface area contributed by atoms with E-state index in [4.69, 9.17) is 4.74 Å². The van der Waals surface area contributed by atoms with Crippen LogP contribution in [0.15, 0.2) is 0 Å². The van der Waals surface area contributed by atoms with Crippen molar-refractivity contribution in [2.45, 2.75) is 50.5 Å². The molecule has 12 heavy (non-hydrogen) atoms. The Morgan fingerprint density at radius 2 is 1.75 bits per heavy atom. The molecule has 0 N–H and O–H groups in total. The van der Waals surface area contributed by atoms with Gasteiger partial charge in [-0.15, -0.1) is 0 Å². The van der Waals surface area contributed by atoms with Crippen LogP contribution in [0.1, 0.15) is 27.7 Å². The van der Waals surface area contributed by atoms with E-state index >= 15 is 0 Å². The van der Waals surface area contributed by atoms with Crippen LogP contribution in [0, 0.1) is 0 Å². The van der Waals surface area contributed by atoms with E-state index in [1.165, 1.54) is 16.3 Å². The summed E-state index contributed by atoms with van der Waals surface area (Å²) < 4.78 is 5.73. The van der Waals surface area contributed by atoms with Gasteiger partial charge in [0, 0.05) is 15.5 Å². The van der Waals surface area contributed by atoms with Crippen LogP contribution in [0.4, 0.5) is 0 Å². The maximum Gasteiger partial charge on any atom is 0.110 e. The highest BCUT2D eigenvalue weighted by atomic mass is 33.1. The summed E-state index contributed by atoms with van der Waals surface area (Å²) in [7, 11) is 5.04.